The minimum absolute atomic E-state index is 0.161. The fourth-order valence-corrected chi connectivity index (χ4v) is 2.73. The van der Waals surface area contributed by atoms with Crippen LogP contribution in [-0.4, -0.2) is 23.5 Å². The number of aliphatic hydroxyl groups is 1. The van der Waals surface area contributed by atoms with Gasteiger partial charge >= 0.3 is 11.8 Å². The van der Waals surface area contributed by atoms with E-state index in [0.717, 1.165) is 16.5 Å². The molecule has 27 heavy (non-hydrogen) atoms. The number of rotatable bonds is 4. The second-order valence-electron chi connectivity index (χ2n) is 6.81. The third kappa shape index (κ3) is 4.01. The molecule has 3 aromatic rings. The van der Waals surface area contributed by atoms with Crippen LogP contribution in [-0.2, 0) is 15.2 Å². The highest BCUT2D eigenvalue weighted by molar-refractivity contribution is 6.39. The van der Waals surface area contributed by atoms with Crippen molar-refractivity contribution in [1.29, 1.82) is 0 Å². The second-order valence-corrected chi connectivity index (χ2v) is 6.81. The molecule has 0 aliphatic heterocycles. The first-order chi connectivity index (χ1) is 12.8. The Labute approximate surface area is 157 Å². The van der Waals surface area contributed by atoms with E-state index < -0.39 is 17.4 Å². The monoisotopic (exact) mass is 366 g/mol. The first-order valence-corrected chi connectivity index (χ1v) is 8.65. The number of amides is 2. The van der Waals surface area contributed by atoms with E-state index in [-0.39, 0.29) is 6.54 Å². The minimum atomic E-state index is -1.45. The predicted molar refractivity (Wildman–Crippen MR) is 103 cm³/mol. The molecule has 6 heteroatoms. The summed E-state index contributed by atoms with van der Waals surface area (Å²) in [4.78, 5) is 24.3. The lowest BCUT2D eigenvalue weighted by Gasteiger charge is -2.21. The molecule has 0 spiro atoms. The molecule has 0 aliphatic rings. The number of aryl methyl sites for hydroxylation is 1. The fourth-order valence-electron chi connectivity index (χ4n) is 2.73. The Morgan fingerprint density at radius 3 is 2.56 bits per heavy atom. The normalized spacial score (nSPS) is 13.2. The van der Waals surface area contributed by atoms with Gasteiger partial charge in [-0.15, -0.1) is 0 Å². The van der Waals surface area contributed by atoms with Gasteiger partial charge in [0.1, 0.15) is 16.9 Å². The van der Waals surface area contributed by atoms with Gasteiger partial charge in [0.15, 0.2) is 0 Å². The maximum absolute atomic E-state index is 12.1. The van der Waals surface area contributed by atoms with E-state index in [1.165, 1.54) is 6.92 Å². The number of furan rings is 1. The van der Waals surface area contributed by atoms with Crippen molar-refractivity contribution in [2.24, 2.45) is 0 Å². The largest absolute Gasteiger partial charge is 0.458 e. The maximum Gasteiger partial charge on any atom is 0.313 e. The van der Waals surface area contributed by atoms with Gasteiger partial charge in [-0.3, -0.25) is 9.59 Å². The molecule has 6 nitrogen and oxygen atoms in total. The summed E-state index contributed by atoms with van der Waals surface area (Å²) < 4.78 is 5.65. The Morgan fingerprint density at radius 2 is 1.81 bits per heavy atom. The number of anilines is 1. The standard InChI is InChI=1S/C21H22N2O4/c1-13-7-6-9-16(14(13)2)23-20(25)19(24)22-12-21(3,26)18-11-15-8-4-5-10-17(15)27-18/h4-11,26H,12H2,1-3H3,(H,22,24)(H,23,25). The van der Waals surface area contributed by atoms with E-state index in [9.17, 15) is 14.7 Å². The van der Waals surface area contributed by atoms with Gasteiger partial charge in [-0.1, -0.05) is 30.3 Å². The van der Waals surface area contributed by atoms with Gasteiger partial charge in [0.05, 0.1) is 6.54 Å². The molecule has 1 unspecified atom stereocenters. The van der Waals surface area contributed by atoms with Crippen LogP contribution in [0, 0.1) is 13.8 Å². The fraction of sp³-hybridized carbons (Fsp3) is 0.238. The van der Waals surface area contributed by atoms with E-state index in [4.69, 9.17) is 4.42 Å². The SMILES string of the molecule is Cc1cccc(NC(=O)C(=O)NCC(C)(O)c2cc3ccccc3o2)c1C. The summed E-state index contributed by atoms with van der Waals surface area (Å²) in [6.45, 7) is 5.16. The maximum atomic E-state index is 12.1. The molecular weight excluding hydrogens is 344 g/mol. The second kappa shape index (κ2) is 7.25. The summed E-state index contributed by atoms with van der Waals surface area (Å²) in [6.07, 6.45) is 0. The van der Waals surface area contributed by atoms with E-state index in [0.29, 0.717) is 17.0 Å². The summed E-state index contributed by atoms with van der Waals surface area (Å²) in [5.41, 5.74) is 1.69. The lowest BCUT2D eigenvalue weighted by Crippen LogP contribution is -2.43. The molecule has 1 aromatic heterocycles. The Hall–Kier alpha value is -3.12. The van der Waals surface area contributed by atoms with Crippen molar-refractivity contribution in [2.75, 3.05) is 11.9 Å². The lowest BCUT2D eigenvalue weighted by molar-refractivity contribution is -0.136. The first kappa shape index (κ1) is 18.7. The number of benzene rings is 2. The molecule has 140 valence electrons. The third-order valence-corrected chi connectivity index (χ3v) is 4.61. The van der Waals surface area contributed by atoms with Crippen molar-refractivity contribution >= 4 is 28.5 Å². The molecule has 0 bridgehead atoms. The van der Waals surface area contributed by atoms with Crippen molar-refractivity contribution in [3.63, 3.8) is 0 Å². The molecule has 1 atom stereocenters. The van der Waals surface area contributed by atoms with Gasteiger partial charge in [-0.25, -0.2) is 0 Å². The van der Waals surface area contributed by atoms with Crippen LogP contribution in [0.25, 0.3) is 11.0 Å². The zero-order valence-corrected chi connectivity index (χ0v) is 15.5. The smallest absolute Gasteiger partial charge is 0.313 e. The number of hydrogen-bond acceptors (Lipinski definition) is 4. The molecular formula is C21H22N2O4. The van der Waals surface area contributed by atoms with E-state index in [2.05, 4.69) is 10.6 Å². The number of fused-ring (bicyclic) bond motifs is 1. The van der Waals surface area contributed by atoms with Crippen LogP contribution in [0.2, 0.25) is 0 Å². The highest BCUT2D eigenvalue weighted by atomic mass is 16.4. The topological polar surface area (TPSA) is 91.6 Å². The summed E-state index contributed by atoms with van der Waals surface area (Å²) in [5, 5.41) is 16.6. The molecule has 2 aromatic carbocycles. The minimum Gasteiger partial charge on any atom is -0.458 e. The van der Waals surface area contributed by atoms with Gasteiger partial charge in [0.2, 0.25) is 0 Å². The number of para-hydroxylation sites is 1. The van der Waals surface area contributed by atoms with Crippen LogP contribution in [0.3, 0.4) is 0 Å². The van der Waals surface area contributed by atoms with E-state index in [1.807, 2.05) is 44.2 Å². The quantitative estimate of drug-likeness (QED) is 0.619. The van der Waals surface area contributed by atoms with Gasteiger partial charge < -0.3 is 20.2 Å². The average molecular weight is 366 g/mol. The molecule has 0 saturated heterocycles. The van der Waals surface area contributed by atoms with Gasteiger partial charge in [0.25, 0.3) is 0 Å². The summed E-state index contributed by atoms with van der Waals surface area (Å²) in [7, 11) is 0. The summed E-state index contributed by atoms with van der Waals surface area (Å²) in [6, 6.07) is 14.6. The molecule has 0 radical (unpaired) electrons. The van der Waals surface area contributed by atoms with Crippen molar-refractivity contribution < 1.29 is 19.1 Å². The van der Waals surface area contributed by atoms with E-state index >= 15 is 0 Å². The average Bonchev–Trinajstić information content (AvgIpc) is 3.08. The van der Waals surface area contributed by atoms with Crippen LogP contribution in [0.4, 0.5) is 5.69 Å². The summed E-state index contributed by atoms with van der Waals surface area (Å²) >= 11 is 0. The number of hydrogen-bond donors (Lipinski definition) is 3. The number of carbonyl (C=O) groups is 2. The van der Waals surface area contributed by atoms with Crippen LogP contribution >= 0.6 is 0 Å². The molecule has 0 saturated carbocycles. The molecule has 3 rings (SSSR count). The van der Waals surface area contributed by atoms with Crippen molar-refractivity contribution in [1.82, 2.24) is 5.32 Å². The predicted octanol–water partition coefficient (Wildman–Crippen LogP) is 3.01. The summed E-state index contributed by atoms with van der Waals surface area (Å²) in [5.74, 6) is -1.30. The molecule has 1 heterocycles. The highest BCUT2D eigenvalue weighted by Crippen LogP contribution is 2.27. The van der Waals surface area contributed by atoms with Crippen molar-refractivity contribution in [3.8, 4) is 0 Å². The van der Waals surface area contributed by atoms with E-state index in [1.54, 1.807) is 18.2 Å². The molecule has 3 N–H and O–H groups in total. The van der Waals surface area contributed by atoms with Crippen molar-refractivity contribution in [2.45, 2.75) is 26.4 Å². The van der Waals surface area contributed by atoms with Crippen LogP contribution in [0.1, 0.15) is 23.8 Å². The van der Waals surface area contributed by atoms with Crippen LogP contribution < -0.4 is 10.6 Å². The number of carbonyl (C=O) groups excluding carboxylic acids is 2. The Kier molecular flexibility index (Phi) is 5.01. The van der Waals surface area contributed by atoms with Gasteiger partial charge in [-0.2, -0.15) is 0 Å². The van der Waals surface area contributed by atoms with Gasteiger partial charge in [0, 0.05) is 11.1 Å². The molecule has 0 aliphatic carbocycles. The zero-order chi connectivity index (χ0) is 19.6. The van der Waals surface area contributed by atoms with Gasteiger partial charge in [-0.05, 0) is 50.1 Å². The third-order valence-electron chi connectivity index (χ3n) is 4.61. The Morgan fingerprint density at radius 1 is 1.07 bits per heavy atom. The molecule has 2 amide bonds. The first-order valence-electron chi connectivity index (χ1n) is 8.65. The Bertz CT molecular complexity index is 971. The number of nitrogens with one attached hydrogen (secondary N) is 2. The van der Waals surface area contributed by atoms with Crippen LogP contribution in [0.15, 0.2) is 52.9 Å². The highest BCUT2D eigenvalue weighted by Gasteiger charge is 2.29. The lowest BCUT2D eigenvalue weighted by atomic mass is 10.0. The Balaban J connectivity index is 1.65. The zero-order valence-electron chi connectivity index (χ0n) is 15.5. The molecule has 0 fully saturated rings. The van der Waals surface area contributed by atoms with Crippen LogP contribution in [0.5, 0.6) is 0 Å². The van der Waals surface area contributed by atoms with Crippen molar-refractivity contribution in [3.05, 3.63) is 65.4 Å².